The highest BCUT2D eigenvalue weighted by Crippen LogP contribution is 2.33. The molecule has 3 aromatic carbocycles. The highest BCUT2D eigenvalue weighted by Gasteiger charge is 2.26. The zero-order chi connectivity index (χ0) is 30.8. The molecule has 44 heavy (non-hydrogen) atoms. The molecule has 9 nitrogen and oxygen atoms in total. The second-order valence-electron chi connectivity index (χ2n) is 10.8. The molecule has 0 bridgehead atoms. The number of fused-ring (bicyclic) bond motifs is 1. The lowest BCUT2D eigenvalue weighted by molar-refractivity contribution is -0.110. The molecule has 10 heteroatoms. The number of thiophene rings is 1. The quantitative estimate of drug-likeness (QED) is 0.177. The molecule has 3 heterocycles. The first-order chi connectivity index (χ1) is 21.2. The van der Waals surface area contributed by atoms with Gasteiger partial charge >= 0.3 is 0 Å². The summed E-state index contributed by atoms with van der Waals surface area (Å²) < 4.78 is 0. The molecule has 1 aromatic heterocycles. The zero-order valence-corrected chi connectivity index (χ0v) is 25.2. The van der Waals surface area contributed by atoms with E-state index < -0.39 is 0 Å². The van der Waals surface area contributed by atoms with Gasteiger partial charge in [-0.1, -0.05) is 12.1 Å². The van der Waals surface area contributed by atoms with Crippen LogP contribution in [0.4, 0.5) is 22.7 Å². The minimum absolute atomic E-state index is 0.1000. The van der Waals surface area contributed by atoms with E-state index >= 15 is 0 Å². The highest BCUT2D eigenvalue weighted by atomic mass is 32.1. The van der Waals surface area contributed by atoms with Gasteiger partial charge in [-0.2, -0.15) is 0 Å². The van der Waals surface area contributed by atoms with Crippen LogP contribution in [0, 0.1) is 0 Å². The van der Waals surface area contributed by atoms with Crippen molar-refractivity contribution in [3.63, 3.8) is 0 Å². The molecule has 2 aliphatic heterocycles. The number of carbonyl (C=O) groups excluding carboxylic acids is 4. The van der Waals surface area contributed by atoms with Crippen LogP contribution in [0.25, 0.3) is 5.57 Å². The van der Waals surface area contributed by atoms with Crippen molar-refractivity contribution in [2.24, 2.45) is 0 Å². The first-order valence-electron chi connectivity index (χ1n) is 14.3. The van der Waals surface area contributed by atoms with Crippen LogP contribution in [-0.4, -0.2) is 61.5 Å². The predicted molar refractivity (Wildman–Crippen MR) is 175 cm³/mol. The first kappa shape index (κ1) is 29.0. The SMILES string of the molecule is CC(=O)c1ccc(C(=O)Nc2cccc(C(=O)c3ccc4c(c3)C(=CNc3ccc(N5CCN(C)CC5)cc3)C(=O)N4)c2)s1. The summed E-state index contributed by atoms with van der Waals surface area (Å²) in [6, 6.07) is 23.2. The molecular weight excluding hydrogens is 574 g/mol. The Hall–Kier alpha value is -5.06. The molecule has 0 atom stereocenters. The van der Waals surface area contributed by atoms with Crippen LogP contribution in [-0.2, 0) is 4.79 Å². The minimum Gasteiger partial charge on any atom is -0.369 e. The van der Waals surface area contributed by atoms with Gasteiger partial charge in [0.1, 0.15) is 0 Å². The Kier molecular flexibility index (Phi) is 8.10. The van der Waals surface area contributed by atoms with E-state index in [9.17, 15) is 19.2 Å². The lowest BCUT2D eigenvalue weighted by atomic mass is 9.98. The number of piperazine rings is 1. The Bertz CT molecular complexity index is 1800. The molecule has 0 radical (unpaired) electrons. The molecular formula is C34H31N5O4S. The van der Waals surface area contributed by atoms with E-state index in [1.54, 1.807) is 60.8 Å². The van der Waals surface area contributed by atoms with E-state index in [2.05, 4.69) is 44.9 Å². The number of hydrogen-bond acceptors (Lipinski definition) is 8. The number of nitrogens with zero attached hydrogens (tertiary/aromatic N) is 2. The number of ketones is 2. The van der Waals surface area contributed by atoms with Gasteiger partial charge in [0, 0.05) is 71.8 Å². The van der Waals surface area contributed by atoms with Gasteiger partial charge in [0.25, 0.3) is 11.8 Å². The summed E-state index contributed by atoms with van der Waals surface area (Å²) in [5.74, 6) is -0.954. The third-order valence-corrected chi connectivity index (χ3v) is 8.93. The summed E-state index contributed by atoms with van der Waals surface area (Å²) in [7, 11) is 2.13. The van der Waals surface area contributed by atoms with Crippen molar-refractivity contribution in [3.05, 3.63) is 112 Å². The maximum atomic E-state index is 13.5. The van der Waals surface area contributed by atoms with Gasteiger partial charge in [0.2, 0.25) is 0 Å². The van der Waals surface area contributed by atoms with Crippen molar-refractivity contribution in [1.82, 2.24) is 4.90 Å². The molecule has 4 aromatic rings. The van der Waals surface area contributed by atoms with Gasteiger partial charge in [-0.05, 0) is 80.7 Å². The average molecular weight is 606 g/mol. The lowest BCUT2D eigenvalue weighted by Crippen LogP contribution is -2.44. The molecule has 2 aliphatic rings. The van der Waals surface area contributed by atoms with Gasteiger partial charge in [0.15, 0.2) is 11.6 Å². The van der Waals surface area contributed by atoms with Gasteiger partial charge in [0.05, 0.1) is 15.3 Å². The summed E-state index contributed by atoms with van der Waals surface area (Å²) in [6.45, 7) is 5.50. The number of hydrogen-bond donors (Lipinski definition) is 3. The molecule has 0 unspecified atom stereocenters. The molecule has 3 N–H and O–H groups in total. The van der Waals surface area contributed by atoms with E-state index in [0.29, 0.717) is 43.4 Å². The van der Waals surface area contributed by atoms with Crippen LogP contribution < -0.4 is 20.9 Å². The van der Waals surface area contributed by atoms with Gasteiger partial charge in [-0.15, -0.1) is 11.3 Å². The standard InChI is InChI=1S/C34H31N5O4S/c1-21(40)30-12-13-31(44-30)34(43)36-25-5-3-4-22(18-25)32(41)23-6-11-29-27(19-23)28(33(42)37-29)20-35-24-7-9-26(10-8-24)39-16-14-38(2)15-17-39/h3-13,18-20,35H,14-17H2,1-2H3,(H,36,43)(H,37,42). The normalized spacial score (nSPS) is 15.5. The van der Waals surface area contributed by atoms with Crippen molar-refractivity contribution in [1.29, 1.82) is 0 Å². The van der Waals surface area contributed by atoms with Crippen LogP contribution in [0.15, 0.2) is 85.1 Å². The third-order valence-electron chi connectivity index (χ3n) is 7.74. The third kappa shape index (κ3) is 6.17. The molecule has 1 saturated heterocycles. The number of likely N-dealkylation sites (N-methyl/N-ethyl adjacent to an activating group) is 1. The van der Waals surface area contributed by atoms with Gasteiger partial charge in [-0.3, -0.25) is 19.2 Å². The Morgan fingerprint density at radius 3 is 2.30 bits per heavy atom. The van der Waals surface area contributed by atoms with Crippen LogP contribution in [0.2, 0.25) is 0 Å². The van der Waals surface area contributed by atoms with Crippen molar-refractivity contribution < 1.29 is 19.2 Å². The maximum Gasteiger partial charge on any atom is 0.265 e. The zero-order valence-electron chi connectivity index (χ0n) is 24.3. The fourth-order valence-electron chi connectivity index (χ4n) is 5.21. The van der Waals surface area contributed by atoms with Crippen LogP contribution >= 0.6 is 11.3 Å². The highest BCUT2D eigenvalue weighted by molar-refractivity contribution is 7.16. The number of benzene rings is 3. The number of anilines is 4. The maximum absolute atomic E-state index is 13.5. The Morgan fingerprint density at radius 1 is 0.841 bits per heavy atom. The number of Topliss-reactive ketones (excluding diaryl/α,β-unsaturated/α-hetero) is 1. The van der Waals surface area contributed by atoms with E-state index in [-0.39, 0.29) is 23.4 Å². The fourth-order valence-corrected chi connectivity index (χ4v) is 6.00. The van der Waals surface area contributed by atoms with Crippen LogP contribution in [0.5, 0.6) is 0 Å². The molecule has 0 spiro atoms. The summed E-state index contributed by atoms with van der Waals surface area (Å²) in [5.41, 5.74) is 4.97. The first-order valence-corrected chi connectivity index (χ1v) is 15.1. The monoisotopic (exact) mass is 605 g/mol. The smallest absolute Gasteiger partial charge is 0.265 e. The molecule has 2 amide bonds. The Labute approximate surface area is 259 Å². The van der Waals surface area contributed by atoms with Crippen LogP contribution in [0.3, 0.4) is 0 Å². The van der Waals surface area contributed by atoms with E-state index in [4.69, 9.17) is 0 Å². The number of rotatable bonds is 8. The summed E-state index contributed by atoms with van der Waals surface area (Å²) in [4.78, 5) is 56.2. The molecule has 222 valence electrons. The van der Waals surface area contributed by atoms with E-state index in [0.717, 1.165) is 43.2 Å². The Morgan fingerprint density at radius 2 is 1.57 bits per heavy atom. The number of carbonyl (C=O) groups is 4. The van der Waals surface area contributed by atoms with Crippen molar-refractivity contribution in [2.75, 3.05) is 54.1 Å². The number of amides is 2. The molecule has 0 saturated carbocycles. The van der Waals surface area contributed by atoms with Gasteiger partial charge < -0.3 is 25.8 Å². The summed E-state index contributed by atoms with van der Waals surface area (Å²) >= 11 is 1.12. The Balaban J connectivity index is 1.16. The predicted octanol–water partition coefficient (Wildman–Crippen LogP) is 5.59. The van der Waals surface area contributed by atoms with E-state index in [1.165, 1.54) is 12.6 Å². The lowest BCUT2D eigenvalue weighted by Gasteiger charge is -2.34. The van der Waals surface area contributed by atoms with E-state index in [1.807, 2.05) is 12.1 Å². The molecule has 0 aliphatic carbocycles. The summed E-state index contributed by atoms with van der Waals surface area (Å²) in [6.07, 6.45) is 1.67. The fraction of sp³-hybridized carbons (Fsp3) is 0.176. The number of nitrogens with one attached hydrogen (secondary N) is 3. The van der Waals surface area contributed by atoms with Crippen molar-refractivity contribution >= 4 is 63.0 Å². The second-order valence-corrected chi connectivity index (χ2v) is 11.9. The molecule has 1 fully saturated rings. The second kappa shape index (κ2) is 12.3. The van der Waals surface area contributed by atoms with Crippen molar-refractivity contribution in [2.45, 2.75) is 6.92 Å². The average Bonchev–Trinajstić information content (AvgIpc) is 3.65. The molecule has 6 rings (SSSR count). The minimum atomic E-state index is -0.356. The van der Waals surface area contributed by atoms with Crippen molar-refractivity contribution in [3.8, 4) is 0 Å². The summed E-state index contributed by atoms with van der Waals surface area (Å²) in [5, 5.41) is 8.89. The van der Waals surface area contributed by atoms with Crippen LogP contribution in [0.1, 0.15) is 47.8 Å². The van der Waals surface area contributed by atoms with Gasteiger partial charge in [-0.25, -0.2) is 0 Å². The largest absolute Gasteiger partial charge is 0.369 e. The topological polar surface area (TPSA) is 111 Å².